The first-order valence-electron chi connectivity index (χ1n) is 12.3. The van der Waals surface area contributed by atoms with Crippen molar-refractivity contribution in [1.82, 2.24) is 14.8 Å². The summed E-state index contributed by atoms with van der Waals surface area (Å²) in [5.74, 6) is 1.73. The predicted molar refractivity (Wildman–Crippen MR) is 129 cm³/mol. The third-order valence-electron chi connectivity index (χ3n) is 7.91. The van der Waals surface area contributed by atoms with E-state index < -0.39 is 0 Å². The molecule has 6 nitrogen and oxygen atoms in total. The van der Waals surface area contributed by atoms with Crippen molar-refractivity contribution >= 4 is 17.6 Å². The number of rotatable bonds is 5. The molecule has 3 aliphatic rings. The number of aromatic nitrogens is 1. The smallest absolute Gasteiger partial charge is 0.226 e. The molecule has 1 spiro atoms. The Labute approximate surface area is 196 Å². The number of pyridine rings is 1. The van der Waals surface area contributed by atoms with Crippen molar-refractivity contribution in [2.45, 2.75) is 39.0 Å². The first-order valence-corrected chi connectivity index (χ1v) is 12.3. The van der Waals surface area contributed by atoms with Crippen molar-refractivity contribution in [2.24, 2.45) is 11.3 Å². The number of anilines is 1. The fraction of sp³-hybridized carbons (Fsp3) is 0.519. The molecule has 1 aromatic heterocycles. The molecule has 2 aromatic rings. The molecule has 3 heterocycles. The molecule has 2 saturated heterocycles. The number of benzene rings is 1. The van der Waals surface area contributed by atoms with Gasteiger partial charge in [0.15, 0.2) is 0 Å². The summed E-state index contributed by atoms with van der Waals surface area (Å²) < 4.78 is 0. The van der Waals surface area contributed by atoms with Crippen LogP contribution in [0.15, 0.2) is 48.7 Å². The topological polar surface area (TPSA) is 56.8 Å². The van der Waals surface area contributed by atoms with Gasteiger partial charge in [-0.25, -0.2) is 4.98 Å². The van der Waals surface area contributed by atoms with Crippen molar-refractivity contribution in [2.75, 3.05) is 44.2 Å². The maximum absolute atomic E-state index is 13.2. The molecule has 6 heteroatoms. The number of aryl methyl sites for hydroxylation is 2. The van der Waals surface area contributed by atoms with Gasteiger partial charge in [-0.3, -0.25) is 9.59 Å². The van der Waals surface area contributed by atoms with E-state index in [0.717, 1.165) is 70.8 Å². The fourth-order valence-electron chi connectivity index (χ4n) is 5.53. The van der Waals surface area contributed by atoms with Gasteiger partial charge in [-0.2, -0.15) is 0 Å². The van der Waals surface area contributed by atoms with Gasteiger partial charge in [0.1, 0.15) is 5.82 Å². The standard InChI is InChI=1S/C27H34N4O2/c1-21-5-7-22(8-6-21)9-10-25(32)30-14-11-27(12-15-30)20-23(27)26(33)31-18-16-29(17-19-31)24-4-2-3-13-28-24/h2-8,13,23H,9-12,14-20H2,1H3/t23-/m1/s1. The fourth-order valence-corrected chi connectivity index (χ4v) is 5.53. The summed E-state index contributed by atoms with van der Waals surface area (Å²) in [6, 6.07) is 14.4. The molecule has 2 aliphatic heterocycles. The molecule has 0 unspecified atom stereocenters. The Morgan fingerprint density at radius 2 is 1.67 bits per heavy atom. The van der Waals surface area contributed by atoms with Crippen LogP contribution in [-0.4, -0.2) is 65.9 Å². The Kier molecular flexibility index (Phi) is 6.09. The maximum atomic E-state index is 13.2. The SMILES string of the molecule is Cc1ccc(CCC(=O)N2CCC3(CC2)C[C@@H]3C(=O)N2CCN(c3ccccn3)CC2)cc1. The van der Waals surface area contributed by atoms with E-state index in [1.165, 1.54) is 11.1 Å². The Bertz CT molecular complexity index is 975. The normalized spacial score (nSPS) is 21.8. The van der Waals surface area contributed by atoms with E-state index in [0.29, 0.717) is 12.3 Å². The van der Waals surface area contributed by atoms with Gasteiger partial charge in [0.25, 0.3) is 0 Å². The summed E-state index contributed by atoms with van der Waals surface area (Å²) in [5.41, 5.74) is 2.61. The van der Waals surface area contributed by atoms with E-state index in [4.69, 9.17) is 0 Å². The minimum Gasteiger partial charge on any atom is -0.353 e. The van der Waals surface area contributed by atoms with Gasteiger partial charge >= 0.3 is 0 Å². The summed E-state index contributed by atoms with van der Waals surface area (Å²) in [7, 11) is 0. The molecule has 0 N–H and O–H groups in total. The van der Waals surface area contributed by atoms with E-state index >= 15 is 0 Å². The van der Waals surface area contributed by atoms with E-state index in [-0.39, 0.29) is 17.2 Å². The number of piperazine rings is 1. The van der Waals surface area contributed by atoms with E-state index in [9.17, 15) is 9.59 Å². The summed E-state index contributed by atoms with van der Waals surface area (Å²) in [6.45, 7) is 6.89. The second kappa shape index (κ2) is 9.16. The highest BCUT2D eigenvalue weighted by Crippen LogP contribution is 2.60. The number of amides is 2. The van der Waals surface area contributed by atoms with Crippen molar-refractivity contribution in [3.63, 3.8) is 0 Å². The van der Waals surface area contributed by atoms with Crippen LogP contribution in [0.3, 0.4) is 0 Å². The van der Waals surface area contributed by atoms with E-state index in [1.807, 2.05) is 29.3 Å². The third kappa shape index (κ3) is 4.75. The number of hydrogen-bond acceptors (Lipinski definition) is 4. The zero-order chi connectivity index (χ0) is 22.8. The lowest BCUT2D eigenvalue weighted by molar-refractivity contribution is -0.134. The van der Waals surface area contributed by atoms with Crippen LogP contribution in [0, 0.1) is 18.3 Å². The molecule has 0 radical (unpaired) electrons. The lowest BCUT2D eigenvalue weighted by Gasteiger charge is -2.37. The zero-order valence-electron chi connectivity index (χ0n) is 19.6. The van der Waals surface area contributed by atoms with Crippen LogP contribution in [0.4, 0.5) is 5.82 Å². The van der Waals surface area contributed by atoms with Gasteiger partial charge in [0.05, 0.1) is 0 Å². The maximum Gasteiger partial charge on any atom is 0.226 e. The molecule has 1 saturated carbocycles. The highest BCUT2D eigenvalue weighted by atomic mass is 16.2. The van der Waals surface area contributed by atoms with Crippen LogP contribution in [-0.2, 0) is 16.0 Å². The second-order valence-electron chi connectivity index (χ2n) is 9.99. The number of carbonyl (C=O) groups excluding carboxylic acids is 2. The number of carbonyl (C=O) groups is 2. The predicted octanol–water partition coefficient (Wildman–Crippen LogP) is 3.30. The molecule has 1 aliphatic carbocycles. The average molecular weight is 447 g/mol. The van der Waals surface area contributed by atoms with Gasteiger partial charge in [-0.1, -0.05) is 35.9 Å². The highest BCUT2D eigenvalue weighted by Gasteiger charge is 2.59. The number of hydrogen-bond donors (Lipinski definition) is 0. The lowest BCUT2D eigenvalue weighted by Crippen LogP contribution is -2.50. The zero-order valence-corrected chi connectivity index (χ0v) is 19.6. The van der Waals surface area contributed by atoms with Crippen LogP contribution < -0.4 is 4.90 Å². The molecule has 2 amide bonds. The highest BCUT2D eigenvalue weighted by molar-refractivity contribution is 5.83. The number of piperidine rings is 1. The minimum atomic E-state index is 0.142. The lowest BCUT2D eigenvalue weighted by atomic mass is 9.90. The molecule has 33 heavy (non-hydrogen) atoms. The molecule has 1 aromatic carbocycles. The number of nitrogens with zero attached hydrogens (tertiary/aromatic N) is 4. The monoisotopic (exact) mass is 446 g/mol. The second-order valence-corrected chi connectivity index (χ2v) is 9.99. The van der Waals surface area contributed by atoms with Gasteiger partial charge < -0.3 is 14.7 Å². The first kappa shape index (κ1) is 21.9. The van der Waals surface area contributed by atoms with Crippen LogP contribution in [0.5, 0.6) is 0 Å². The number of likely N-dealkylation sites (tertiary alicyclic amines) is 1. The van der Waals surface area contributed by atoms with Crippen molar-refractivity contribution < 1.29 is 9.59 Å². The van der Waals surface area contributed by atoms with Crippen molar-refractivity contribution in [3.05, 3.63) is 59.8 Å². The summed E-state index contributed by atoms with van der Waals surface area (Å²) in [4.78, 5) is 36.7. The molecule has 5 rings (SSSR count). The van der Waals surface area contributed by atoms with E-state index in [1.54, 1.807) is 0 Å². The quantitative estimate of drug-likeness (QED) is 0.707. The molecular formula is C27H34N4O2. The Morgan fingerprint density at radius 3 is 2.33 bits per heavy atom. The van der Waals surface area contributed by atoms with Gasteiger partial charge in [-0.15, -0.1) is 0 Å². The summed E-state index contributed by atoms with van der Waals surface area (Å²) >= 11 is 0. The van der Waals surface area contributed by atoms with E-state index in [2.05, 4.69) is 46.0 Å². The molecule has 3 fully saturated rings. The van der Waals surface area contributed by atoms with Gasteiger partial charge in [-0.05, 0) is 55.7 Å². The van der Waals surface area contributed by atoms with Crippen molar-refractivity contribution in [1.29, 1.82) is 0 Å². The van der Waals surface area contributed by atoms with Gasteiger partial charge in [0.2, 0.25) is 11.8 Å². The summed E-state index contributed by atoms with van der Waals surface area (Å²) in [5, 5.41) is 0. The first-order chi connectivity index (χ1) is 16.0. The largest absolute Gasteiger partial charge is 0.353 e. The van der Waals surface area contributed by atoms with Crippen LogP contribution in [0.1, 0.15) is 36.8 Å². The molecular weight excluding hydrogens is 412 g/mol. The molecule has 0 bridgehead atoms. The van der Waals surface area contributed by atoms with Crippen LogP contribution >= 0.6 is 0 Å². The summed E-state index contributed by atoms with van der Waals surface area (Å²) in [6.07, 6.45) is 6.12. The molecule has 1 atom stereocenters. The Hall–Kier alpha value is -2.89. The average Bonchev–Trinajstić information content (AvgIpc) is 3.57. The van der Waals surface area contributed by atoms with Crippen LogP contribution in [0.25, 0.3) is 0 Å². The molecule has 174 valence electrons. The Morgan fingerprint density at radius 1 is 0.939 bits per heavy atom. The van der Waals surface area contributed by atoms with Crippen LogP contribution in [0.2, 0.25) is 0 Å². The Balaban J connectivity index is 1.07. The third-order valence-corrected chi connectivity index (χ3v) is 7.91. The van der Waals surface area contributed by atoms with Gasteiger partial charge in [0, 0.05) is 57.8 Å². The minimum absolute atomic E-state index is 0.142. The van der Waals surface area contributed by atoms with Crippen molar-refractivity contribution in [3.8, 4) is 0 Å².